The highest BCUT2D eigenvalue weighted by molar-refractivity contribution is 5.93. The van der Waals surface area contributed by atoms with Gasteiger partial charge < -0.3 is 19.4 Å². The van der Waals surface area contributed by atoms with Crippen molar-refractivity contribution < 1.29 is 18.3 Å². The highest BCUT2D eigenvalue weighted by Crippen LogP contribution is 2.33. The largest absolute Gasteiger partial charge is 0.459 e. The molecule has 6 nitrogen and oxygen atoms in total. The van der Waals surface area contributed by atoms with Crippen molar-refractivity contribution in [3.63, 3.8) is 0 Å². The van der Waals surface area contributed by atoms with E-state index in [0.29, 0.717) is 38.1 Å². The number of halogens is 1. The maximum atomic E-state index is 14.0. The molecule has 0 aliphatic carbocycles. The Labute approximate surface area is 199 Å². The van der Waals surface area contributed by atoms with Gasteiger partial charge in [-0.2, -0.15) is 0 Å². The molecule has 1 aromatic heterocycles. The summed E-state index contributed by atoms with van der Waals surface area (Å²) in [7, 11) is 0. The van der Waals surface area contributed by atoms with Gasteiger partial charge in [-0.1, -0.05) is 30.3 Å². The van der Waals surface area contributed by atoms with Crippen molar-refractivity contribution in [2.24, 2.45) is 0 Å². The molecule has 5 rings (SSSR count). The fraction of sp³-hybridized carbons (Fsp3) is 0.370. The van der Waals surface area contributed by atoms with Crippen LogP contribution in [-0.2, 0) is 17.7 Å². The minimum atomic E-state index is -0.282. The number of ether oxygens (including phenoxy) is 1. The fourth-order valence-corrected chi connectivity index (χ4v) is 5.04. The first kappa shape index (κ1) is 22.6. The molecule has 7 heteroatoms. The number of para-hydroxylation sites is 1. The predicted molar refractivity (Wildman–Crippen MR) is 128 cm³/mol. The van der Waals surface area contributed by atoms with Gasteiger partial charge in [0, 0.05) is 43.5 Å². The van der Waals surface area contributed by atoms with Gasteiger partial charge in [0.2, 0.25) is 0 Å². The predicted octanol–water partition coefficient (Wildman–Crippen LogP) is 4.17. The Hall–Kier alpha value is -3.16. The first-order valence-corrected chi connectivity index (χ1v) is 11.9. The number of hydrogen-bond donors (Lipinski definition) is 1. The summed E-state index contributed by atoms with van der Waals surface area (Å²) in [6.07, 6.45) is 2.56. The summed E-state index contributed by atoms with van der Waals surface area (Å²) < 4.78 is 25.1. The van der Waals surface area contributed by atoms with Gasteiger partial charge in [0.25, 0.3) is 5.91 Å². The van der Waals surface area contributed by atoms with E-state index in [2.05, 4.69) is 40.2 Å². The van der Waals surface area contributed by atoms with E-state index in [0.717, 1.165) is 30.6 Å². The Bertz CT molecular complexity index is 1140. The second-order valence-electron chi connectivity index (χ2n) is 9.01. The summed E-state index contributed by atoms with van der Waals surface area (Å²) in [5.41, 5.74) is 4.23. The van der Waals surface area contributed by atoms with Gasteiger partial charge in [0.1, 0.15) is 5.82 Å². The molecule has 0 bridgehead atoms. The lowest BCUT2D eigenvalue weighted by Crippen LogP contribution is -2.44. The number of nitrogens with one attached hydrogen (secondary N) is 1. The van der Waals surface area contributed by atoms with Crippen LogP contribution in [0.5, 0.6) is 0 Å². The van der Waals surface area contributed by atoms with Crippen LogP contribution in [0.25, 0.3) is 0 Å². The number of amides is 1. The van der Waals surface area contributed by atoms with E-state index >= 15 is 0 Å². The minimum absolute atomic E-state index is 0.146. The second-order valence-corrected chi connectivity index (χ2v) is 9.01. The van der Waals surface area contributed by atoms with Crippen molar-refractivity contribution >= 4 is 11.6 Å². The Balaban J connectivity index is 1.30. The van der Waals surface area contributed by atoms with Crippen LogP contribution in [0.3, 0.4) is 0 Å². The number of morpholine rings is 1. The molecule has 2 aliphatic heterocycles. The molecule has 2 unspecified atom stereocenters. The fourth-order valence-electron chi connectivity index (χ4n) is 5.04. The average molecular weight is 464 g/mol. The Kier molecular flexibility index (Phi) is 6.65. The van der Waals surface area contributed by atoms with E-state index in [1.807, 2.05) is 18.2 Å². The molecule has 2 aromatic carbocycles. The van der Waals surface area contributed by atoms with Crippen LogP contribution in [0.4, 0.5) is 10.1 Å². The third-order valence-corrected chi connectivity index (χ3v) is 6.82. The zero-order valence-electron chi connectivity index (χ0n) is 19.4. The lowest BCUT2D eigenvalue weighted by atomic mass is 10.0. The zero-order valence-corrected chi connectivity index (χ0v) is 19.4. The zero-order chi connectivity index (χ0) is 23.5. The van der Waals surface area contributed by atoms with Gasteiger partial charge in [0.15, 0.2) is 5.76 Å². The molecule has 1 saturated heterocycles. The molecule has 0 radical (unpaired) electrons. The third-order valence-electron chi connectivity index (χ3n) is 6.82. The Morgan fingerprint density at radius 2 is 1.97 bits per heavy atom. The first-order chi connectivity index (χ1) is 16.6. The topological polar surface area (TPSA) is 58.0 Å². The molecule has 0 saturated carbocycles. The summed E-state index contributed by atoms with van der Waals surface area (Å²) in [6, 6.07) is 17.1. The number of furan rings is 1. The molecule has 34 heavy (non-hydrogen) atoms. The van der Waals surface area contributed by atoms with Crippen molar-refractivity contribution in [2.45, 2.75) is 32.0 Å². The molecule has 1 fully saturated rings. The van der Waals surface area contributed by atoms with Crippen LogP contribution in [0.1, 0.15) is 40.2 Å². The summed E-state index contributed by atoms with van der Waals surface area (Å²) >= 11 is 0. The summed E-state index contributed by atoms with van der Waals surface area (Å²) in [4.78, 5) is 17.7. The summed E-state index contributed by atoms with van der Waals surface area (Å²) in [5, 5.41) is 3.04. The molecular weight excluding hydrogens is 433 g/mol. The molecule has 0 spiro atoms. The first-order valence-electron chi connectivity index (χ1n) is 11.9. The molecule has 2 aliphatic rings. The van der Waals surface area contributed by atoms with Gasteiger partial charge in [0.05, 0.1) is 25.5 Å². The number of nitrogens with zero attached hydrogens (tertiary/aromatic N) is 2. The smallest absolute Gasteiger partial charge is 0.287 e. The molecule has 3 aromatic rings. The van der Waals surface area contributed by atoms with E-state index in [1.165, 1.54) is 23.4 Å². The summed E-state index contributed by atoms with van der Waals surface area (Å²) in [6.45, 7) is 5.87. The van der Waals surface area contributed by atoms with Crippen LogP contribution >= 0.6 is 0 Å². The monoisotopic (exact) mass is 463 g/mol. The van der Waals surface area contributed by atoms with Gasteiger partial charge in [-0.05, 0) is 48.7 Å². The minimum Gasteiger partial charge on any atom is -0.459 e. The molecule has 178 valence electrons. The standard InChI is InChI=1S/C27H30FN3O3/c1-19-15-20-5-2-3-8-24(20)31(19)18-22-9-12-34-26(22)27(32)29-17-25(30-10-13-33-14-11-30)21-6-4-7-23(28)16-21/h2-9,12,16,19,25H,10-11,13-15,17-18H2,1H3,(H,29,32). The van der Waals surface area contributed by atoms with E-state index in [-0.39, 0.29) is 17.8 Å². The Morgan fingerprint density at radius 1 is 1.15 bits per heavy atom. The number of rotatable bonds is 7. The molecule has 1 N–H and O–H groups in total. The SMILES string of the molecule is CC1Cc2ccccc2N1Cc1ccoc1C(=O)NCC(c1cccc(F)c1)N1CCOCC1. The van der Waals surface area contributed by atoms with Crippen LogP contribution in [0, 0.1) is 5.82 Å². The number of carbonyl (C=O) groups excluding carboxylic acids is 1. The van der Waals surface area contributed by atoms with E-state index in [4.69, 9.17) is 9.15 Å². The van der Waals surface area contributed by atoms with Crippen molar-refractivity contribution in [1.82, 2.24) is 10.2 Å². The van der Waals surface area contributed by atoms with Crippen LogP contribution in [0.2, 0.25) is 0 Å². The summed E-state index contributed by atoms with van der Waals surface area (Å²) in [5.74, 6) is -0.207. The quantitative estimate of drug-likeness (QED) is 0.570. The van der Waals surface area contributed by atoms with Crippen LogP contribution < -0.4 is 10.2 Å². The van der Waals surface area contributed by atoms with Gasteiger partial charge in [-0.3, -0.25) is 9.69 Å². The number of anilines is 1. The van der Waals surface area contributed by atoms with Crippen molar-refractivity contribution in [2.75, 3.05) is 37.7 Å². The van der Waals surface area contributed by atoms with E-state index in [9.17, 15) is 9.18 Å². The molecule has 2 atom stereocenters. The number of benzene rings is 2. The van der Waals surface area contributed by atoms with Crippen molar-refractivity contribution in [3.8, 4) is 0 Å². The van der Waals surface area contributed by atoms with Gasteiger partial charge >= 0.3 is 0 Å². The number of hydrogen-bond acceptors (Lipinski definition) is 5. The van der Waals surface area contributed by atoms with Crippen LogP contribution in [-0.4, -0.2) is 49.7 Å². The lowest BCUT2D eigenvalue weighted by Gasteiger charge is -2.35. The van der Waals surface area contributed by atoms with E-state index < -0.39 is 0 Å². The highest BCUT2D eigenvalue weighted by Gasteiger charge is 2.29. The van der Waals surface area contributed by atoms with Crippen molar-refractivity contribution in [1.29, 1.82) is 0 Å². The highest BCUT2D eigenvalue weighted by atomic mass is 19.1. The molecule has 1 amide bonds. The van der Waals surface area contributed by atoms with Gasteiger partial charge in [-0.25, -0.2) is 4.39 Å². The Morgan fingerprint density at radius 3 is 2.79 bits per heavy atom. The molecule has 3 heterocycles. The maximum absolute atomic E-state index is 14.0. The lowest BCUT2D eigenvalue weighted by molar-refractivity contribution is 0.0161. The van der Waals surface area contributed by atoms with Crippen LogP contribution in [0.15, 0.2) is 65.3 Å². The van der Waals surface area contributed by atoms with E-state index in [1.54, 1.807) is 12.3 Å². The number of fused-ring (bicyclic) bond motifs is 1. The third kappa shape index (κ3) is 4.72. The second kappa shape index (κ2) is 9.99. The number of carbonyl (C=O) groups is 1. The normalized spacial score (nSPS) is 19.1. The molecular formula is C27H30FN3O3. The maximum Gasteiger partial charge on any atom is 0.287 e. The average Bonchev–Trinajstić information content (AvgIpc) is 3.44. The van der Waals surface area contributed by atoms with Gasteiger partial charge in [-0.15, -0.1) is 0 Å². The van der Waals surface area contributed by atoms with Crippen molar-refractivity contribution in [3.05, 3.63) is 89.1 Å².